The molecule has 0 atom stereocenters. The normalized spacial score (nSPS) is 10.9. The standard InChI is InChI=1S/C19H18N6OS/c1-10-7-8-13-5-4-6-14(16(13)23-10)26-18-15(20)17(21-9-22-18)25-19-24-11(2)12(3)27-19/h4-9H,20H2,1-3H3,(H,21,22,24,25). The summed E-state index contributed by atoms with van der Waals surface area (Å²) in [5.74, 6) is 1.32. The number of nitrogens with zero attached hydrogens (tertiary/aromatic N) is 4. The van der Waals surface area contributed by atoms with E-state index in [-0.39, 0.29) is 5.88 Å². The Bertz CT molecular complexity index is 1120. The fourth-order valence-corrected chi connectivity index (χ4v) is 3.41. The van der Waals surface area contributed by atoms with Crippen molar-refractivity contribution in [2.75, 3.05) is 11.1 Å². The molecule has 7 nitrogen and oxygen atoms in total. The number of pyridine rings is 1. The summed E-state index contributed by atoms with van der Waals surface area (Å²) in [7, 11) is 0. The molecule has 0 aliphatic rings. The Balaban J connectivity index is 1.68. The van der Waals surface area contributed by atoms with Crippen molar-refractivity contribution in [2.45, 2.75) is 20.8 Å². The fraction of sp³-hybridized carbons (Fsp3) is 0.158. The first-order valence-corrected chi connectivity index (χ1v) is 9.18. The van der Waals surface area contributed by atoms with Crippen molar-refractivity contribution in [3.05, 3.63) is 52.9 Å². The molecule has 8 heteroatoms. The Morgan fingerprint density at radius 1 is 1.04 bits per heavy atom. The number of benzene rings is 1. The maximum atomic E-state index is 6.24. The van der Waals surface area contributed by atoms with Gasteiger partial charge in [-0.15, -0.1) is 11.3 Å². The molecule has 0 saturated carbocycles. The van der Waals surface area contributed by atoms with Crippen molar-refractivity contribution in [3.8, 4) is 11.6 Å². The Labute approximate surface area is 160 Å². The number of hydrogen-bond acceptors (Lipinski definition) is 8. The highest BCUT2D eigenvalue weighted by Gasteiger charge is 2.14. The van der Waals surface area contributed by atoms with Crippen LogP contribution in [0.3, 0.4) is 0 Å². The number of nitrogens with one attached hydrogen (secondary N) is 1. The topological polar surface area (TPSA) is 98.8 Å². The first kappa shape index (κ1) is 17.2. The number of ether oxygens (including phenoxy) is 1. The second-order valence-electron chi connectivity index (χ2n) is 6.11. The Morgan fingerprint density at radius 2 is 1.89 bits per heavy atom. The van der Waals surface area contributed by atoms with E-state index in [1.807, 2.05) is 51.1 Å². The number of thiazole rings is 1. The van der Waals surface area contributed by atoms with Gasteiger partial charge in [-0.05, 0) is 32.9 Å². The van der Waals surface area contributed by atoms with E-state index in [0.29, 0.717) is 17.3 Å². The number of aryl methyl sites for hydroxylation is 3. The van der Waals surface area contributed by atoms with E-state index in [9.17, 15) is 0 Å². The van der Waals surface area contributed by atoms with Crippen molar-refractivity contribution in [2.24, 2.45) is 0 Å². The Kier molecular flexibility index (Phi) is 4.33. The van der Waals surface area contributed by atoms with Crippen LogP contribution < -0.4 is 15.8 Å². The molecule has 0 radical (unpaired) electrons. The van der Waals surface area contributed by atoms with Gasteiger partial charge in [-0.25, -0.2) is 15.0 Å². The van der Waals surface area contributed by atoms with Crippen LogP contribution in [0.15, 0.2) is 36.7 Å². The van der Waals surface area contributed by atoms with E-state index in [2.05, 4.69) is 25.3 Å². The molecule has 1 aromatic carbocycles. The lowest BCUT2D eigenvalue weighted by molar-refractivity contribution is 0.469. The first-order chi connectivity index (χ1) is 13.0. The Morgan fingerprint density at radius 3 is 2.67 bits per heavy atom. The van der Waals surface area contributed by atoms with Gasteiger partial charge in [0, 0.05) is 16.0 Å². The summed E-state index contributed by atoms with van der Waals surface area (Å²) in [6.45, 7) is 5.92. The largest absolute Gasteiger partial charge is 0.435 e. The monoisotopic (exact) mass is 378 g/mol. The van der Waals surface area contributed by atoms with Crippen LogP contribution in [0, 0.1) is 20.8 Å². The molecule has 0 bridgehead atoms. The maximum absolute atomic E-state index is 6.24. The molecule has 0 aliphatic carbocycles. The van der Waals surface area contributed by atoms with Crippen molar-refractivity contribution < 1.29 is 4.74 Å². The lowest BCUT2D eigenvalue weighted by Crippen LogP contribution is -2.03. The van der Waals surface area contributed by atoms with Gasteiger partial charge in [0.2, 0.25) is 5.88 Å². The summed E-state index contributed by atoms with van der Waals surface area (Å²) < 4.78 is 5.99. The number of nitrogen functional groups attached to an aromatic ring is 1. The average Bonchev–Trinajstić information content (AvgIpc) is 2.96. The van der Waals surface area contributed by atoms with Crippen LogP contribution in [0.25, 0.3) is 10.9 Å². The van der Waals surface area contributed by atoms with E-state index in [1.54, 1.807) is 11.3 Å². The van der Waals surface area contributed by atoms with Crippen LogP contribution in [0.5, 0.6) is 11.6 Å². The van der Waals surface area contributed by atoms with Gasteiger partial charge in [-0.2, -0.15) is 4.98 Å². The van der Waals surface area contributed by atoms with E-state index >= 15 is 0 Å². The summed E-state index contributed by atoms with van der Waals surface area (Å²) >= 11 is 1.54. The van der Waals surface area contributed by atoms with Crippen LogP contribution in [-0.2, 0) is 0 Å². The third kappa shape index (κ3) is 3.39. The smallest absolute Gasteiger partial charge is 0.248 e. The highest BCUT2D eigenvalue weighted by Crippen LogP contribution is 2.34. The zero-order valence-electron chi connectivity index (χ0n) is 15.1. The molecule has 0 aliphatic heterocycles. The molecule has 0 saturated heterocycles. The summed E-state index contributed by atoms with van der Waals surface area (Å²) in [5, 5.41) is 4.85. The van der Waals surface area contributed by atoms with Crippen molar-refractivity contribution >= 4 is 38.9 Å². The molecule has 3 aromatic heterocycles. The van der Waals surface area contributed by atoms with E-state index < -0.39 is 0 Å². The van der Waals surface area contributed by atoms with Gasteiger partial charge in [0.25, 0.3) is 0 Å². The number of fused-ring (bicyclic) bond motifs is 1. The molecule has 0 amide bonds. The quantitative estimate of drug-likeness (QED) is 0.538. The van der Waals surface area contributed by atoms with Crippen LogP contribution in [0.4, 0.5) is 16.6 Å². The van der Waals surface area contributed by atoms with Gasteiger partial charge in [0.05, 0.1) is 5.69 Å². The second kappa shape index (κ2) is 6.81. The van der Waals surface area contributed by atoms with Gasteiger partial charge in [-0.1, -0.05) is 18.2 Å². The molecule has 136 valence electrons. The third-order valence-corrected chi connectivity index (χ3v) is 5.12. The molecule has 4 rings (SSSR count). The number of hydrogen-bond donors (Lipinski definition) is 2. The summed E-state index contributed by atoms with van der Waals surface area (Å²) in [6, 6.07) is 9.71. The lowest BCUT2D eigenvalue weighted by Gasteiger charge is -2.12. The molecular formula is C19H18N6OS. The third-order valence-electron chi connectivity index (χ3n) is 4.13. The first-order valence-electron chi connectivity index (χ1n) is 8.37. The average molecular weight is 378 g/mol. The number of anilines is 3. The predicted molar refractivity (Wildman–Crippen MR) is 108 cm³/mol. The summed E-state index contributed by atoms with van der Waals surface area (Å²) in [5.41, 5.74) is 9.20. The highest BCUT2D eigenvalue weighted by molar-refractivity contribution is 7.15. The van der Waals surface area contributed by atoms with Crippen molar-refractivity contribution in [3.63, 3.8) is 0 Å². The molecule has 0 fully saturated rings. The van der Waals surface area contributed by atoms with Gasteiger partial charge < -0.3 is 15.8 Å². The van der Waals surface area contributed by atoms with Gasteiger partial charge in [0.15, 0.2) is 16.7 Å². The fourth-order valence-electron chi connectivity index (χ4n) is 2.59. The van der Waals surface area contributed by atoms with E-state index in [1.165, 1.54) is 6.33 Å². The zero-order valence-corrected chi connectivity index (χ0v) is 16.0. The van der Waals surface area contributed by atoms with Gasteiger partial charge in [-0.3, -0.25) is 0 Å². The number of rotatable bonds is 4. The highest BCUT2D eigenvalue weighted by atomic mass is 32.1. The zero-order chi connectivity index (χ0) is 19.0. The lowest BCUT2D eigenvalue weighted by atomic mass is 10.2. The van der Waals surface area contributed by atoms with Gasteiger partial charge >= 0.3 is 0 Å². The minimum atomic E-state index is 0.272. The van der Waals surface area contributed by atoms with Crippen molar-refractivity contribution in [1.29, 1.82) is 0 Å². The minimum absolute atomic E-state index is 0.272. The molecule has 3 N–H and O–H groups in total. The number of aromatic nitrogens is 4. The van der Waals surface area contributed by atoms with Crippen LogP contribution in [-0.4, -0.2) is 19.9 Å². The molecule has 0 spiro atoms. The summed E-state index contributed by atoms with van der Waals surface area (Å²) in [4.78, 5) is 18.6. The molecule has 3 heterocycles. The van der Waals surface area contributed by atoms with Gasteiger partial charge in [0.1, 0.15) is 17.5 Å². The van der Waals surface area contributed by atoms with Crippen LogP contribution in [0.1, 0.15) is 16.3 Å². The SMILES string of the molecule is Cc1ccc2cccc(Oc3ncnc(Nc4nc(C)c(C)s4)c3N)c2n1. The summed E-state index contributed by atoms with van der Waals surface area (Å²) in [6.07, 6.45) is 1.41. The second-order valence-corrected chi connectivity index (χ2v) is 7.31. The minimum Gasteiger partial charge on any atom is -0.435 e. The molecule has 0 unspecified atom stereocenters. The van der Waals surface area contributed by atoms with E-state index in [4.69, 9.17) is 10.5 Å². The number of para-hydroxylation sites is 1. The predicted octanol–water partition coefficient (Wildman–Crippen LogP) is 4.52. The van der Waals surface area contributed by atoms with Crippen molar-refractivity contribution in [1.82, 2.24) is 19.9 Å². The molecular weight excluding hydrogens is 360 g/mol. The maximum Gasteiger partial charge on any atom is 0.248 e. The molecule has 27 heavy (non-hydrogen) atoms. The van der Waals surface area contributed by atoms with E-state index in [0.717, 1.165) is 32.3 Å². The number of nitrogens with two attached hydrogens (primary N) is 1. The molecule has 4 aromatic rings. The van der Waals surface area contributed by atoms with Crippen LogP contribution >= 0.6 is 11.3 Å². The van der Waals surface area contributed by atoms with Crippen LogP contribution in [0.2, 0.25) is 0 Å². The Hall–Kier alpha value is -3.26.